The van der Waals surface area contributed by atoms with Crippen molar-refractivity contribution in [1.82, 2.24) is 5.09 Å². The molecule has 0 aromatic heterocycles. The summed E-state index contributed by atoms with van der Waals surface area (Å²) >= 11 is 0. The van der Waals surface area contributed by atoms with Gasteiger partial charge in [0.1, 0.15) is 17.5 Å². The molecule has 36 heavy (non-hydrogen) atoms. The molecule has 0 aliphatic rings. The van der Waals surface area contributed by atoms with E-state index in [9.17, 15) is 23.2 Å². The molecule has 0 saturated heterocycles. The summed E-state index contributed by atoms with van der Waals surface area (Å²) in [6.07, 6.45) is 3.30. The van der Waals surface area contributed by atoms with Crippen LogP contribution in [0.15, 0.2) is 36.9 Å². The maximum atomic E-state index is 14.8. The third-order valence-electron chi connectivity index (χ3n) is 5.78. The first-order chi connectivity index (χ1) is 16.7. The Balaban J connectivity index is 2.76. The number of phenolic OH excluding ortho intramolecular Hbond substituents is 1. The van der Waals surface area contributed by atoms with Gasteiger partial charge in [-0.1, -0.05) is 55.7 Å². The van der Waals surface area contributed by atoms with Gasteiger partial charge in [-0.3, -0.25) is 9.36 Å². The van der Waals surface area contributed by atoms with Crippen LogP contribution >= 0.6 is 7.52 Å². The van der Waals surface area contributed by atoms with Gasteiger partial charge >= 0.3 is 19.2 Å². The number of aryl methyl sites for hydroxylation is 2. The molecule has 9 heteroatoms. The summed E-state index contributed by atoms with van der Waals surface area (Å²) in [4.78, 5) is 11.9. The van der Waals surface area contributed by atoms with Crippen LogP contribution < -0.4 is 9.61 Å². The highest BCUT2D eigenvalue weighted by atomic mass is 31.2. The SMILES string of the molecule is C=C(C)c1ccc(C)cc1-c1c(O)cc(CCCCC)cc1OP(=O)(N[C@@H](C)C(=O)OC)C(C)(F)F. The first kappa shape index (κ1) is 29.5. The van der Waals surface area contributed by atoms with Crippen LogP contribution in [0.2, 0.25) is 0 Å². The van der Waals surface area contributed by atoms with Crippen LogP contribution in [0.3, 0.4) is 0 Å². The van der Waals surface area contributed by atoms with Crippen LogP contribution in [0, 0.1) is 6.92 Å². The Morgan fingerprint density at radius 2 is 1.92 bits per heavy atom. The highest BCUT2D eigenvalue weighted by molar-refractivity contribution is 7.58. The predicted octanol–water partition coefficient (Wildman–Crippen LogP) is 7.47. The largest absolute Gasteiger partial charge is 0.507 e. The van der Waals surface area contributed by atoms with Crippen LogP contribution in [0.25, 0.3) is 16.7 Å². The lowest BCUT2D eigenvalue weighted by Gasteiger charge is -2.29. The minimum Gasteiger partial charge on any atom is -0.507 e. The first-order valence-corrected chi connectivity index (χ1v) is 13.5. The molecule has 2 rings (SSSR count). The summed E-state index contributed by atoms with van der Waals surface area (Å²) in [5, 5.41) is 13.3. The minimum absolute atomic E-state index is 0.118. The molecule has 2 aromatic carbocycles. The van der Waals surface area contributed by atoms with E-state index in [1.807, 2.05) is 19.1 Å². The van der Waals surface area contributed by atoms with E-state index in [0.29, 0.717) is 35.6 Å². The number of nitrogens with one attached hydrogen (secondary N) is 1. The van der Waals surface area contributed by atoms with Crippen molar-refractivity contribution in [2.24, 2.45) is 0 Å². The minimum atomic E-state index is -5.04. The number of alkyl halides is 2. The predicted molar refractivity (Wildman–Crippen MR) is 140 cm³/mol. The van der Waals surface area contributed by atoms with Crippen LogP contribution in [0.1, 0.15) is 63.6 Å². The second kappa shape index (κ2) is 12.0. The Kier molecular flexibility index (Phi) is 9.86. The monoisotopic (exact) mass is 523 g/mol. The molecule has 0 radical (unpaired) electrons. The van der Waals surface area contributed by atoms with Crippen molar-refractivity contribution in [1.29, 1.82) is 0 Å². The van der Waals surface area contributed by atoms with Gasteiger partial charge in [-0.25, -0.2) is 5.09 Å². The second-order valence-electron chi connectivity index (χ2n) is 9.13. The zero-order valence-corrected chi connectivity index (χ0v) is 22.7. The molecule has 0 bridgehead atoms. The van der Waals surface area contributed by atoms with E-state index < -0.39 is 25.2 Å². The number of hydrogen-bond donors (Lipinski definition) is 2. The molecule has 1 unspecified atom stereocenters. The van der Waals surface area contributed by atoms with Crippen molar-refractivity contribution >= 4 is 19.1 Å². The third kappa shape index (κ3) is 6.95. The number of hydrogen-bond acceptors (Lipinski definition) is 5. The summed E-state index contributed by atoms with van der Waals surface area (Å²) in [6.45, 7) is 11.4. The highest BCUT2D eigenvalue weighted by Gasteiger charge is 2.51. The number of rotatable bonds is 12. The Morgan fingerprint density at radius 3 is 2.47 bits per heavy atom. The number of carbonyl (C=O) groups is 1. The second-order valence-corrected chi connectivity index (χ2v) is 11.5. The van der Waals surface area contributed by atoms with E-state index in [2.05, 4.69) is 23.3 Å². The number of allylic oxidation sites excluding steroid dienone is 1. The number of aromatic hydroxyl groups is 1. The average molecular weight is 524 g/mol. The molecule has 0 aliphatic carbocycles. The van der Waals surface area contributed by atoms with Gasteiger partial charge in [-0.15, -0.1) is 0 Å². The normalized spacial score (nSPS) is 14.1. The summed E-state index contributed by atoms with van der Waals surface area (Å²) in [6, 6.07) is 7.23. The van der Waals surface area contributed by atoms with E-state index in [-0.39, 0.29) is 17.1 Å². The van der Waals surface area contributed by atoms with E-state index >= 15 is 0 Å². The number of benzene rings is 2. The summed E-state index contributed by atoms with van der Waals surface area (Å²) < 4.78 is 53.3. The zero-order valence-electron chi connectivity index (χ0n) is 21.8. The van der Waals surface area contributed by atoms with Gasteiger partial charge in [0.25, 0.3) is 0 Å². The van der Waals surface area contributed by atoms with Crippen LogP contribution in [-0.4, -0.2) is 29.9 Å². The lowest BCUT2D eigenvalue weighted by molar-refractivity contribution is -0.142. The fourth-order valence-corrected chi connectivity index (χ4v) is 5.28. The topological polar surface area (TPSA) is 84.9 Å². The fraction of sp³-hybridized carbons (Fsp3) is 0.444. The average Bonchev–Trinajstić information content (AvgIpc) is 2.77. The Labute approximate surface area is 212 Å². The van der Waals surface area contributed by atoms with Crippen molar-refractivity contribution in [2.45, 2.75) is 72.0 Å². The van der Waals surface area contributed by atoms with Gasteiger partial charge in [-0.05, 0) is 62.4 Å². The van der Waals surface area contributed by atoms with Gasteiger partial charge in [0.05, 0.1) is 12.7 Å². The summed E-state index contributed by atoms with van der Waals surface area (Å²) in [7, 11) is -3.94. The van der Waals surface area contributed by atoms with Gasteiger partial charge < -0.3 is 14.4 Å². The van der Waals surface area contributed by atoms with Crippen LogP contribution in [-0.2, 0) is 20.5 Å². The van der Waals surface area contributed by atoms with Crippen molar-refractivity contribution in [2.75, 3.05) is 7.11 Å². The molecule has 2 aromatic rings. The van der Waals surface area contributed by atoms with Crippen molar-refractivity contribution in [3.63, 3.8) is 0 Å². The van der Waals surface area contributed by atoms with Crippen LogP contribution in [0.5, 0.6) is 11.5 Å². The number of halogens is 2. The molecule has 2 atom stereocenters. The van der Waals surface area contributed by atoms with Crippen molar-refractivity contribution < 1.29 is 32.5 Å². The smallest absolute Gasteiger partial charge is 0.385 e. The molecular formula is C27H36F2NO5P. The lowest BCUT2D eigenvalue weighted by atomic mass is 9.91. The molecule has 6 nitrogen and oxygen atoms in total. The maximum absolute atomic E-state index is 14.8. The first-order valence-electron chi connectivity index (χ1n) is 11.9. The molecule has 0 saturated carbocycles. The van der Waals surface area contributed by atoms with Crippen LogP contribution in [0.4, 0.5) is 8.78 Å². The Bertz CT molecular complexity index is 1160. The van der Waals surface area contributed by atoms with E-state index in [4.69, 9.17) is 4.52 Å². The molecule has 0 spiro atoms. The molecular weight excluding hydrogens is 487 g/mol. The number of carbonyl (C=O) groups excluding carboxylic acids is 1. The van der Waals surface area contributed by atoms with E-state index in [0.717, 1.165) is 31.9 Å². The number of esters is 1. The molecule has 2 N–H and O–H groups in total. The van der Waals surface area contributed by atoms with E-state index in [1.54, 1.807) is 19.1 Å². The summed E-state index contributed by atoms with van der Waals surface area (Å²) in [5.41, 5.74) is -0.373. The number of phenols is 1. The quantitative estimate of drug-likeness (QED) is 0.171. The number of unbranched alkanes of at least 4 members (excludes halogenated alkanes) is 2. The molecule has 0 amide bonds. The van der Waals surface area contributed by atoms with Crippen molar-refractivity contribution in [3.8, 4) is 22.6 Å². The molecule has 198 valence electrons. The van der Waals surface area contributed by atoms with Gasteiger partial charge in [0.15, 0.2) is 0 Å². The molecule has 0 fully saturated rings. The fourth-order valence-electron chi connectivity index (χ4n) is 3.80. The number of methoxy groups -OCH3 is 1. The van der Waals surface area contributed by atoms with Gasteiger partial charge in [-0.2, -0.15) is 8.78 Å². The van der Waals surface area contributed by atoms with Gasteiger partial charge in [0, 0.05) is 6.92 Å². The zero-order chi connectivity index (χ0) is 27.3. The van der Waals surface area contributed by atoms with E-state index in [1.165, 1.54) is 13.0 Å². The summed E-state index contributed by atoms with van der Waals surface area (Å²) in [5.74, 6) is -1.24. The molecule has 0 aliphatic heterocycles. The Morgan fingerprint density at radius 1 is 1.25 bits per heavy atom. The number of ether oxygens (including phenoxy) is 1. The highest BCUT2D eigenvalue weighted by Crippen LogP contribution is 2.59. The standard InChI is InChI=1S/C27H36F2NO5P/c1-8-9-10-11-20-15-23(31)25(22-14-18(4)12-13-21(22)17(2)3)24(16-20)35-36(33,27(6,28)29)30-19(5)26(32)34-7/h12-16,19,31H,2,8-11H2,1,3-7H3,(H,30,33)/t19-,36?/m0/s1. The van der Waals surface area contributed by atoms with Gasteiger partial charge in [0.2, 0.25) is 0 Å². The molecule has 0 heterocycles. The third-order valence-corrected chi connectivity index (χ3v) is 7.99. The van der Waals surface area contributed by atoms with Crippen molar-refractivity contribution in [3.05, 3.63) is 53.6 Å². The maximum Gasteiger partial charge on any atom is 0.385 e. The Hall–Kier alpha value is -2.70. The lowest BCUT2D eigenvalue weighted by Crippen LogP contribution is -2.38.